The number of aryl methyl sites for hydroxylation is 3. The SMILES string of the molecule is Cc1ccc(-c2nc(C)c(C(=O)NCc3cccc(N4CCCC4=O)c3)s2)c(C)c1. The summed E-state index contributed by atoms with van der Waals surface area (Å²) in [5.74, 6) is 0.0408. The highest BCUT2D eigenvalue weighted by molar-refractivity contribution is 7.17. The van der Waals surface area contributed by atoms with Crippen LogP contribution in [0.3, 0.4) is 0 Å². The molecule has 0 saturated carbocycles. The van der Waals surface area contributed by atoms with Crippen LogP contribution in [-0.2, 0) is 11.3 Å². The molecule has 1 aliphatic heterocycles. The van der Waals surface area contributed by atoms with Crippen LogP contribution in [0.25, 0.3) is 10.6 Å². The maximum Gasteiger partial charge on any atom is 0.263 e. The van der Waals surface area contributed by atoms with E-state index in [1.807, 2.05) is 36.1 Å². The van der Waals surface area contributed by atoms with Crippen LogP contribution in [0.2, 0.25) is 0 Å². The number of benzene rings is 2. The Morgan fingerprint density at radius 3 is 2.73 bits per heavy atom. The summed E-state index contributed by atoms with van der Waals surface area (Å²) in [5, 5.41) is 3.87. The molecule has 154 valence electrons. The monoisotopic (exact) mass is 419 g/mol. The van der Waals surface area contributed by atoms with E-state index in [2.05, 4.69) is 42.3 Å². The first-order valence-electron chi connectivity index (χ1n) is 10.1. The zero-order valence-corrected chi connectivity index (χ0v) is 18.3. The van der Waals surface area contributed by atoms with Crippen LogP contribution in [0.15, 0.2) is 42.5 Å². The zero-order chi connectivity index (χ0) is 21.3. The number of nitrogens with zero attached hydrogens (tertiary/aromatic N) is 2. The molecule has 1 aromatic heterocycles. The molecular formula is C24H25N3O2S. The highest BCUT2D eigenvalue weighted by atomic mass is 32.1. The van der Waals surface area contributed by atoms with Crippen LogP contribution < -0.4 is 10.2 Å². The summed E-state index contributed by atoms with van der Waals surface area (Å²) < 4.78 is 0. The fourth-order valence-electron chi connectivity index (χ4n) is 3.79. The van der Waals surface area contributed by atoms with Crippen LogP contribution >= 0.6 is 11.3 Å². The molecule has 1 fully saturated rings. The molecule has 1 saturated heterocycles. The number of rotatable bonds is 5. The van der Waals surface area contributed by atoms with E-state index in [1.165, 1.54) is 16.9 Å². The third-order valence-electron chi connectivity index (χ3n) is 5.36. The molecule has 2 amide bonds. The summed E-state index contributed by atoms with van der Waals surface area (Å²) >= 11 is 1.42. The number of nitrogens with one attached hydrogen (secondary N) is 1. The first-order chi connectivity index (χ1) is 14.4. The fraction of sp³-hybridized carbons (Fsp3) is 0.292. The van der Waals surface area contributed by atoms with Crippen molar-refractivity contribution in [3.05, 3.63) is 69.7 Å². The van der Waals surface area contributed by atoms with Gasteiger partial charge in [-0.25, -0.2) is 4.98 Å². The smallest absolute Gasteiger partial charge is 0.263 e. The van der Waals surface area contributed by atoms with Gasteiger partial charge in [-0.1, -0.05) is 35.9 Å². The van der Waals surface area contributed by atoms with Gasteiger partial charge < -0.3 is 10.2 Å². The van der Waals surface area contributed by atoms with Gasteiger partial charge in [-0.05, 0) is 50.5 Å². The average Bonchev–Trinajstić information content (AvgIpc) is 3.32. The van der Waals surface area contributed by atoms with Gasteiger partial charge in [-0.15, -0.1) is 11.3 Å². The minimum absolute atomic E-state index is 0.122. The fourth-order valence-corrected chi connectivity index (χ4v) is 4.87. The zero-order valence-electron chi connectivity index (χ0n) is 17.5. The largest absolute Gasteiger partial charge is 0.347 e. The van der Waals surface area contributed by atoms with Crippen molar-refractivity contribution in [1.29, 1.82) is 0 Å². The Bertz CT molecular complexity index is 1120. The van der Waals surface area contributed by atoms with E-state index in [0.29, 0.717) is 17.8 Å². The van der Waals surface area contributed by atoms with E-state index in [4.69, 9.17) is 0 Å². The lowest BCUT2D eigenvalue weighted by molar-refractivity contribution is -0.117. The second-order valence-electron chi connectivity index (χ2n) is 7.75. The lowest BCUT2D eigenvalue weighted by atomic mass is 10.1. The van der Waals surface area contributed by atoms with Gasteiger partial charge in [0.05, 0.1) is 5.69 Å². The van der Waals surface area contributed by atoms with E-state index in [9.17, 15) is 9.59 Å². The summed E-state index contributed by atoms with van der Waals surface area (Å²) in [7, 11) is 0. The molecule has 1 aliphatic rings. The minimum atomic E-state index is -0.122. The van der Waals surface area contributed by atoms with Crippen LogP contribution in [0.1, 0.15) is 44.9 Å². The molecule has 4 rings (SSSR count). The van der Waals surface area contributed by atoms with Crippen LogP contribution in [0, 0.1) is 20.8 Å². The molecule has 3 aromatic rings. The van der Waals surface area contributed by atoms with Crippen molar-refractivity contribution in [3.8, 4) is 10.6 Å². The molecular weight excluding hydrogens is 394 g/mol. The molecule has 0 atom stereocenters. The van der Waals surface area contributed by atoms with Crippen LogP contribution in [0.4, 0.5) is 5.69 Å². The second kappa shape index (κ2) is 8.40. The summed E-state index contributed by atoms with van der Waals surface area (Å²) in [4.78, 5) is 31.9. The Kier molecular flexibility index (Phi) is 5.68. The van der Waals surface area contributed by atoms with Crippen molar-refractivity contribution in [1.82, 2.24) is 10.3 Å². The lowest BCUT2D eigenvalue weighted by Crippen LogP contribution is -2.25. The van der Waals surface area contributed by atoms with Crippen LogP contribution in [0.5, 0.6) is 0 Å². The molecule has 0 bridgehead atoms. The van der Waals surface area contributed by atoms with Crippen LogP contribution in [-0.4, -0.2) is 23.3 Å². The first-order valence-corrected chi connectivity index (χ1v) is 11.0. The Morgan fingerprint density at radius 2 is 2.00 bits per heavy atom. The van der Waals surface area contributed by atoms with Gasteiger partial charge in [0.1, 0.15) is 9.88 Å². The Balaban J connectivity index is 1.47. The molecule has 0 radical (unpaired) electrons. The summed E-state index contributed by atoms with van der Waals surface area (Å²) in [6.07, 6.45) is 1.50. The Hall–Kier alpha value is -2.99. The second-order valence-corrected chi connectivity index (χ2v) is 8.75. The summed E-state index contributed by atoms with van der Waals surface area (Å²) in [6.45, 7) is 7.17. The molecule has 1 N–H and O–H groups in total. The lowest BCUT2D eigenvalue weighted by Gasteiger charge is -2.16. The van der Waals surface area contributed by atoms with E-state index in [-0.39, 0.29) is 11.8 Å². The predicted molar refractivity (Wildman–Crippen MR) is 121 cm³/mol. The number of carbonyl (C=O) groups excluding carboxylic acids is 2. The summed E-state index contributed by atoms with van der Waals surface area (Å²) in [5.41, 5.74) is 6.04. The average molecular weight is 420 g/mol. The molecule has 0 spiro atoms. The number of hydrogen-bond acceptors (Lipinski definition) is 4. The van der Waals surface area contributed by atoms with Crippen molar-refractivity contribution in [3.63, 3.8) is 0 Å². The topological polar surface area (TPSA) is 62.3 Å². The van der Waals surface area contributed by atoms with Gasteiger partial charge in [0, 0.05) is 30.8 Å². The Labute approximate surface area is 180 Å². The quantitative estimate of drug-likeness (QED) is 0.647. The Morgan fingerprint density at radius 1 is 1.17 bits per heavy atom. The van der Waals surface area contributed by atoms with Crippen molar-refractivity contribution < 1.29 is 9.59 Å². The summed E-state index contributed by atoms with van der Waals surface area (Å²) in [6, 6.07) is 14.1. The third-order valence-corrected chi connectivity index (χ3v) is 6.55. The normalized spacial score (nSPS) is 13.7. The van der Waals surface area contributed by atoms with Crippen molar-refractivity contribution >= 4 is 28.8 Å². The predicted octanol–water partition coefficient (Wildman–Crippen LogP) is 4.79. The third kappa shape index (κ3) is 4.14. The number of aromatic nitrogens is 1. The van der Waals surface area contributed by atoms with Crippen molar-refractivity contribution in [2.75, 3.05) is 11.4 Å². The van der Waals surface area contributed by atoms with E-state index < -0.39 is 0 Å². The van der Waals surface area contributed by atoms with Gasteiger partial charge in [0.25, 0.3) is 5.91 Å². The molecule has 0 unspecified atom stereocenters. The minimum Gasteiger partial charge on any atom is -0.347 e. The number of thiazole rings is 1. The van der Waals surface area contributed by atoms with E-state index in [0.717, 1.165) is 46.0 Å². The van der Waals surface area contributed by atoms with Gasteiger partial charge in [-0.3, -0.25) is 9.59 Å². The number of hydrogen-bond donors (Lipinski definition) is 1. The standard InChI is InChI=1S/C24H25N3O2S/c1-15-9-10-20(16(2)12-15)24-26-17(3)22(30-24)23(29)25-14-18-6-4-7-19(13-18)27-11-5-8-21(27)28/h4,6-7,9-10,12-13H,5,8,11,14H2,1-3H3,(H,25,29). The van der Waals surface area contributed by atoms with Gasteiger partial charge >= 0.3 is 0 Å². The van der Waals surface area contributed by atoms with Gasteiger partial charge in [0.2, 0.25) is 5.91 Å². The van der Waals surface area contributed by atoms with E-state index in [1.54, 1.807) is 0 Å². The maximum absolute atomic E-state index is 12.8. The highest BCUT2D eigenvalue weighted by Gasteiger charge is 2.22. The van der Waals surface area contributed by atoms with Gasteiger partial charge in [0.15, 0.2) is 0 Å². The molecule has 2 heterocycles. The maximum atomic E-state index is 12.8. The van der Waals surface area contributed by atoms with E-state index >= 15 is 0 Å². The molecule has 2 aromatic carbocycles. The van der Waals surface area contributed by atoms with Gasteiger partial charge in [-0.2, -0.15) is 0 Å². The number of carbonyl (C=O) groups is 2. The van der Waals surface area contributed by atoms with Crippen molar-refractivity contribution in [2.24, 2.45) is 0 Å². The highest BCUT2D eigenvalue weighted by Crippen LogP contribution is 2.31. The molecule has 0 aliphatic carbocycles. The number of anilines is 1. The molecule has 5 nitrogen and oxygen atoms in total. The molecule has 30 heavy (non-hydrogen) atoms. The number of amides is 2. The molecule has 6 heteroatoms. The first kappa shape index (κ1) is 20.3. The van der Waals surface area contributed by atoms with Crippen molar-refractivity contribution in [2.45, 2.75) is 40.2 Å².